The van der Waals surface area contributed by atoms with Crippen LogP contribution >= 0.6 is 0 Å². The lowest BCUT2D eigenvalue weighted by Gasteiger charge is -2.14. The van der Waals surface area contributed by atoms with Crippen molar-refractivity contribution in [2.24, 2.45) is 5.73 Å². The Morgan fingerprint density at radius 1 is 1.67 bits per heavy atom. The van der Waals surface area contributed by atoms with Gasteiger partial charge in [0.05, 0.1) is 12.4 Å². The molecule has 1 aromatic heterocycles. The summed E-state index contributed by atoms with van der Waals surface area (Å²) in [7, 11) is 0. The van der Waals surface area contributed by atoms with Crippen LogP contribution in [0.3, 0.4) is 0 Å². The summed E-state index contributed by atoms with van der Waals surface area (Å²) < 4.78 is 1.93. The second kappa shape index (κ2) is 6.19. The molecule has 1 unspecified atom stereocenters. The first-order chi connectivity index (χ1) is 7.24. The molecule has 3 N–H and O–H groups in total. The van der Waals surface area contributed by atoms with Crippen molar-refractivity contribution in [3.05, 3.63) is 18.7 Å². The number of aryl methyl sites for hydroxylation is 1. The van der Waals surface area contributed by atoms with Gasteiger partial charge in [-0.1, -0.05) is 6.92 Å². The molecule has 0 saturated carbocycles. The lowest BCUT2D eigenvalue weighted by atomic mass is 10.2. The fourth-order valence-electron chi connectivity index (χ4n) is 1.36. The SMILES string of the molecule is CCCNC(CCn1ccnc1)C(N)=O. The van der Waals surface area contributed by atoms with Crippen LogP contribution in [0.4, 0.5) is 0 Å². The Balaban J connectivity index is 2.34. The Bertz CT molecular complexity index is 284. The molecule has 15 heavy (non-hydrogen) atoms. The first kappa shape index (κ1) is 11.7. The first-order valence-corrected chi connectivity index (χ1v) is 5.22. The molecule has 0 aliphatic rings. The minimum atomic E-state index is -0.288. The highest BCUT2D eigenvalue weighted by Crippen LogP contribution is 1.96. The van der Waals surface area contributed by atoms with Gasteiger partial charge in [-0.3, -0.25) is 4.79 Å². The van der Waals surface area contributed by atoms with Gasteiger partial charge in [0.25, 0.3) is 0 Å². The number of aromatic nitrogens is 2. The van der Waals surface area contributed by atoms with E-state index in [1.54, 1.807) is 12.5 Å². The van der Waals surface area contributed by atoms with Crippen molar-refractivity contribution < 1.29 is 4.79 Å². The Morgan fingerprint density at radius 2 is 2.47 bits per heavy atom. The molecule has 0 aliphatic heterocycles. The van der Waals surface area contributed by atoms with Crippen molar-refractivity contribution in [1.82, 2.24) is 14.9 Å². The van der Waals surface area contributed by atoms with Crippen LogP contribution < -0.4 is 11.1 Å². The van der Waals surface area contributed by atoms with E-state index in [0.717, 1.165) is 19.5 Å². The van der Waals surface area contributed by atoms with E-state index in [0.29, 0.717) is 6.42 Å². The normalized spacial score (nSPS) is 12.6. The average molecular weight is 210 g/mol. The van der Waals surface area contributed by atoms with Gasteiger partial charge >= 0.3 is 0 Å². The molecule has 0 spiro atoms. The van der Waals surface area contributed by atoms with E-state index in [-0.39, 0.29) is 11.9 Å². The molecule has 1 amide bonds. The molecule has 0 fully saturated rings. The zero-order valence-electron chi connectivity index (χ0n) is 9.02. The first-order valence-electron chi connectivity index (χ1n) is 5.22. The van der Waals surface area contributed by atoms with Crippen LogP contribution in [0.25, 0.3) is 0 Å². The third kappa shape index (κ3) is 4.12. The second-order valence-corrected chi connectivity index (χ2v) is 3.50. The predicted octanol–water partition coefficient (Wildman–Crippen LogP) is 0.127. The van der Waals surface area contributed by atoms with Gasteiger partial charge in [-0.25, -0.2) is 4.98 Å². The van der Waals surface area contributed by atoms with E-state index in [1.165, 1.54) is 0 Å². The number of imidazole rings is 1. The average Bonchev–Trinajstić information content (AvgIpc) is 2.70. The third-order valence-corrected chi connectivity index (χ3v) is 2.22. The Labute approximate surface area is 89.7 Å². The number of hydrogen-bond donors (Lipinski definition) is 2. The summed E-state index contributed by atoms with van der Waals surface area (Å²) in [4.78, 5) is 15.0. The maximum Gasteiger partial charge on any atom is 0.234 e. The molecule has 1 heterocycles. The Hall–Kier alpha value is -1.36. The zero-order valence-corrected chi connectivity index (χ0v) is 9.02. The number of primary amides is 1. The number of amides is 1. The maximum atomic E-state index is 11.1. The molecular formula is C10H18N4O. The van der Waals surface area contributed by atoms with E-state index in [2.05, 4.69) is 17.2 Å². The molecule has 84 valence electrons. The van der Waals surface area contributed by atoms with Crippen molar-refractivity contribution in [3.8, 4) is 0 Å². The van der Waals surface area contributed by atoms with Crippen molar-refractivity contribution in [2.75, 3.05) is 6.54 Å². The predicted molar refractivity (Wildman–Crippen MR) is 58.1 cm³/mol. The van der Waals surface area contributed by atoms with Gasteiger partial charge in [0, 0.05) is 18.9 Å². The van der Waals surface area contributed by atoms with Crippen molar-refractivity contribution in [2.45, 2.75) is 32.4 Å². The minimum Gasteiger partial charge on any atom is -0.368 e. The van der Waals surface area contributed by atoms with Crippen LogP contribution in [0.1, 0.15) is 19.8 Å². The number of nitrogens with zero attached hydrogens (tertiary/aromatic N) is 2. The number of carbonyl (C=O) groups excluding carboxylic acids is 1. The van der Waals surface area contributed by atoms with E-state index in [1.807, 2.05) is 10.8 Å². The highest BCUT2D eigenvalue weighted by Gasteiger charge is 2.13. The minimum absolute atomic E-state index is 0.243. The summed E-state index contributed by atoms with van der Waals surface area (Å²) in [6.45, 7) is 3.63. The number of carbonyl (C=O) groups is 1. The van der Waals surface area contributed by atoms with E-state index < -0.39 is 0 Å². The van der Waals surface area contributed by atoms with Gasteiger partial charge in [0.2, 0.25) is 5.91 Å². The van der Waals surface area contributed by atoms with Crippen LogP contribution in [0.15, 0.2) is 18.7 Å². The van der Waals surface area contributed by atoms with E-state index in [4.69, 9.17) is 5.73 Å². The third-order valence-electron chi connectivity index (χ3n) is 2.22. The van der Waals surface area contributed by atoms with E-state index >= 15 is 0 Å². The Kier molecular flexibility index (Phi) is 4.83. The molecule has 5 heteroatoms. The second-order valence-electron chi connectivity index (χ2n) is 3.50. The standard InChI is InChI=1S/C10H18N4O/c1-2-4-13-9(10(11)15)3-6-14-7-5-12-8-14/h5,7-9,13H,2-4,6H2,1H3,(H2,11,15). The molecule has 1 rings (SSSR count). The highest BCUT2D eigenvalue weighted by molar-refractivity contribution is 5.79. The fraction of sp³-hybridized carbons (Fsp3) is 0.600. The summed E-state index contributed by atoms with van der Waals surface area (Å²) >= 11 is 0. The van der Waals surface area contributed by atoms with Gasteiger partial charge in [0.15, 0.2) is 0 Å². The fourth-order valence-corrected chi connectivity index (χ4v) is 1.36. The number of rotatable bonds is 7. The molecule has 1 aromatic rings. The molecular weight excluding hydrogens is 192 g/mol. The number of nitrogens with two attached hydrogens (primary N) is 1. The topological polar surface area (TPSA) is 72.9 Å². The lowest BCUT2D eigenvalue weighted by molar-refractivity contribution is -0.120. The summed E-state index contributed by atoms with van der Waals surface area (Å²) in [6.07, 6.45) is 7.02. The molecule has 1 atom stereocenters. The molecule has 0 saturated heterocycles. The smallest absolute Gasteiger partial charge is 0.234 e. The summed E-state index contributed by atoms with van der Waals surface area (Å²) in [5.74, 6) is -0.288. The van der Waals surface area contributed by atoms with Gasteiger partial charge in [0.1, 0.15) is 0 Å². The largest absolute Gasteiger partial charge is 0.368 e. The van der Waals surface area contributed by atoms with Crippen LogP contribution in [-0.2, 0) is 11.3 Å². The quantitative estimate of drug-likeness (QED) is 0.671. The number of nitrogens with one attached hydrogen (secondary N) is 1. The van der Waals surface area contributed by atoms with Gasteiger partial charge < -0.3 is 15.6 Å². The summed E-state index contributed by atoms with van der Waals surface area (Å²) in [5, 5.41) is 3.12. The van der Waals surface area contributed by atoms with Crippen LogP contribution in [0.5, 0.6) is 0 Å². The molecule has 0 aliphatic carbocycles. The van der Waals surface area contributed by atoms with Crippen molar-refractivity contribution in [1.29, 1.82) is 0 Å². The van der Waals surface area contributed by atoms with Gasteiger partial charge in [-0.2, -0.15) is 0 Å². The van der Waals surface area contributed by atoms with E-state index in [9.17, 15) is 4.79 Å². The summed E-state index contributed by atoms with van der Waals surface area (Å²) in [5.41, 5.74) is 5.29. The lowest BCUT2D eigenvalue weighted by Crippen LogP contribution is -2.42. The number of hydrogen-bond acceptors (Lipinski definition) is 3. The van der Waals surface area contributed by atoms with Crippen molar-refractivity contribution >= 4 is 5.91 Å². The summed E-state index contributed by atoms with van der Waals surface area (Å²) in [6, 6.07) is -0.243. The van der Waals surface area contributed by atoms with Gasteiger partial charge in [-0.05, 0) is 19.4 Å². The molecule has 0 bridgehead atoms. The monoisotopic (exact) mass is 210 g/mol. The van der Waals surface area contributed by atoms with Crippen LogP contribution in [-0.4, -0.2) is 28.0 Å². The van der Waals surface area contributed by atoms with Gasteiger partial charge in [-0.15, -0.1) is 0 Å². The maximum absolute atomic E-state index is 11.1. The molecule has 0 radical (unpaired) electrons. The molecule has 5 nitrogen and oxygen atoms in total. The van der Waals surface area contributed by atoms with Crippen LogP contribution in [0, 0.1) is 0 Å². The highest BCUT2D eigenvalue weighted by atomic mass is 16.1. The zero-order chi connectivity index (χ0) is 11.1. The Morgan fingerprint density at radius 3 is 3.00 bits per heavy atom. The van der Waals surface area contributed by atoms with Crippen LogP contribution in [0.2, 0.25) is 0 Å². The van der Waals surface area contributed by atoms with Crippen molar-refractivity contribution in [3.63, 3.8) is 0 Å². The molecule has 0 aromatic carbocycles.